The predicted molar refractivity (Wildman–Crippen MR) is 139 cm³/mol. The molecule has 1 heterocycles. The molecule has 3 aromatic rings. The van der Waals surface area contributed by atoms with E-state index in [1.54, 1.807) is 24.3 Å². The van der Waals surface area contributed by atoms with Crippen LogP contribution < -0.4 is 10.1 Å². The number of carbonyl (C=O) groups excluding carboxylic acids is 3. The molecule has 8 heteroatoms. The fourth-order valence-electron chi connectivity index (χ4n) is 3.56. The molecule has 0 radical (unpaired) electrons. The molecule has 4 rings (SSSR count). The first-order valence-electron chi connectivity index (χ1n) is 10.9. The van der Waals surface area contributed by atoms with E-state index in [4.69, 9.17) is 16.3 Å². The van der Waals surface area contributed by atoms with Crippen LogP contribution in [0.4, 0.5) is 10.5 Å². The Morgan fingerprint density at radius 1 is 1.03 bits per heavy atom. The first-order chi connectivity index (χ1) is 16.8. The number of nitrogens with one attached hydrogen (secondary N) is 1. The van der Waals surface area contributed by atoms with Crippen molar-refractivity contribution in [2.24, 2.45) is 0 Å². The third-order valence-electron chi connectivity index (χ3n) is 5.40. The average Bonchev–Trinajstić information content (AvgIpc) is 3.08. The molecule has 0 saturated carbocycles. The van der Waals surface area contributed by atoms with Crippen LogP contribution in [0, 0.1) is 13.8 Å². The Morgan fingerprint density at radius 2 is 1.71 bits per heavy atom. The summed E-state index contributed by atoms with van der Waals surface area (Å²) < 4.78 is 5.84. The van der Waals surface area contributed by atoms with Gasteiger partial charge in [0, 0.05) is 10.7 Å². The van der Waals surface area contributed by atoms with Crippen molar-refractivity contribution in [3.05, 3.63) is 98.9 Å². The van der Waals surface area contributed by atoms with E-state index in [1.165, 1.54) is 0 Å². The first-order valence-corrected chi connectivity index (χ1v) is 12.1. The summed E-state index contributed by atoms with van der Waals surface area (Å²) in [6.45, 7) is 3.80. The van der Waals surface area contributed by atoms with Crippen LogP contribution in [0.1, 0.15) is 22.3 Å². The number of thioether (sulfide) groups is 1. The molecule has 35 heavy (non-hydrogen) atoms. The molecule has 1 aliphatic heterocycles. The van der Waals surface area contributed by atoms with Crippen molar-refractivity contribution >= 4 is 52.2 Å². The van der Waals surface area contributed by atoms with Gasteiger partial charge in [-0.2, -0.15) is 0 Å². The zero-order chi connectivity index (χ0) is 24.9. The van der Waals surface area contributed by atoms with Crippen LogP contribution >= 0.6 is 23.4 Å². The Labute approximate surface area is 212 Å². The number of nitrogens with zero attached hydrogens (tertiary/aromatic N) is 1. The SMILES string of the molecule is Cc1cccc(C)c1NC(=O)CN1C(=O)S/C(=C/c2cccc(OCc3ccc(Cl)cc3)c2)C1=O. The van der Waals surface area contributed by atoms with Crippen LogP contribution in [0.5, 0.6) is 5.75 Å². The highest BCUT2D eigenvalue weighted by Gasteiger charge is 2.36. The molecule has 0 unspecified atom stereocenters. The minimum atomic E-state index is -0.496. The molecule has 1 N–H and O–H groups in total. The van der Waals surface area contributed by atoms with Crippen molar-refractivity contribution in [1.29, 1.82) is 0 Å². The lowest BCUT2D eigenvalue weighted by molar-refractivity contribution is -0.127. The summed E-state index contributed by atoms with van der Waals surface area (Å²) in [5.41, 5.74) is 4.19. The Bertz CT molecular complexity index is 1300. The summed E-state index contributed by atoms with van der Waals surface area (Å²) in [6.07, 6.45) is 1.63. The third-order valence-corrected chi connectivity index (χ3v) is 6.55. The summed E-state index contributed by atoms with van der Waals surface area (Å²) in [6, 6.07) is 20.3. The molecule has 178 valence electrons. The van der Waals surface area contributed by atoms with Gasteiger partial charge in [0.1, 0.15) is 18.9 Å². The fraction of sp³-hybridized carbons (Fsp3) is 0.148. The first kappa shape index (κ1) is 24.6. The van der Waals surface area contributed by atoms with Crippen molar-refractivity contribution in [2.45, 2.75) is 20.5 Å². The van der Waals surface area contributed by atoms with Crippen LogP contribution in [0.25, 0.3) is 6.08 Å². The molecule has 1 saturated heterocycles. The number of halogens is 1. The lowest BCUT2D eigenvalue weighted by atomic mass is 10.1. The number of anilines is 1. The maximum atomic E-state index is 12.9. The largest absolute Gasteiger partial charge is 0.489 e. The van der Waals surface area contributed by atoms with E-state index in [1.807, 2.05) is 62.4 Å². The lowest BCUT2D eigenvalue weighted by Crippen LogP contribution is -2.36. The van der Waals surface area contributed by atoms with Crippen LogP contribution in [-0.4, -0.2) is 28.5 Å². The van der Waals surface area contributed by atoms with E-state index in [0.29, 0.717) is 28.6 Å². The Balaban J connectivity index is 1.41. The average molecular weight is 507 g/mol. The van der Waals surface area contributed by atoms with Crippen LogP contribution in [0.3, 0.4) is 0 Å². The zero-order valence-electron chi connectivity index (χ0n) is 19.2. The van der Waals surface area contributed by atoms with Gasteiger partial charge in [-0.25, -0.2) is 0 Å². The van der Waals surface area contributed by atoms with Gasteiger partial charge in [0.05, 0.1) is 4.91 Å². The summed E-state index contributed by atoms with van der Waals surface area (Å²) in [5, 5.41) is 2.99. The molecule has 0 bridgehead atoms. The Kier molecular flexibility index (Phi) is 7.58. The van der Waals surface area contributed by atoms with Crippen molar-refractivity contribution < 1.29 is 19.1 Å². The maximum absolute atomic E-state index is 12.9. The number of amides is 3. The van der Waals surface area contributed by atoms with Gasteiger partial charge >= 0.3 is 0 Å². The summed E-state index contributed by atoms with van der Waals surface area (Å²) in [4.78, 5) is 39.1. The van der Waals surface area contributed by atoms with E-state index in [0.717, 1.165) is 33.4 Å². The molecule has 3 aromatic carbocycles. The molecule has 1 aliphatic rings. The van der Waals surface area contributed by atoms with E-state index in [2.05, 4.69) is 5.32 Å². The number of carbonyl (C=O) groups is 3. The number of rotatable bonds is 7. The number of benzene rings is 3. The number of hydrogen-bond acceptors (Lipinski definition) is 5. The molecule has 6 nitrogen and oxygen atoms in total. The van der Waals surface area contributed by atoms with E-state index >= 15 is 0 Å². The second-order valence-electron chi connectivity index (χ2n) is 8.07. The smallest absolute Gasteiger partial charge is 0.294 e. The van der Waals surface area contributed by atoms with Crippen molar-refractivity contribution in [2.75, 3.05) is 11.9 Å². The minimum Gasteiger partial charge on any atom is -0.489 e. The van der Waals surface area contributed by atoms with Crippen LogP contribution in [0.15, 0.2) is 71.6 Å². The number of aryl methyl sites for hydroxylation is 2. The molecule has 3 amide bonds. The normalized spacial score (nSPS) is 14.5. The monoisotopic (exact) mass is 506 g/mol. The zero-order valence-corrected chi connectivity index (χ0v) is 20.8. The Morgan fingerprint density at radius 3 is 2.43 bits per heavy atom. The van der Waals surface area contributed by atoms with Gasteiger partial charge in [0.25, 0.3) is 11.1 Å². The third kappa shape index (κ3) is 6.12. The molecule has 0 atom stereocenters. The van der Waals surface area contributed by atoms with Crippen molar-refractivity contribution in [3.63, 3.8) is 0 Å². The summed E-state index contributed by atoms with van der Waals surface area (Å²) in [5.74, 6) is -0.298. The standard InChI is InChI=1S/C27H23ClN2O4S/c1-17-5-3-6-18(2)25(17)29-24(31)15-30-26(32)23(35-27(30)33)14-20-7-4-8-22(13-20)34-16-19-9-11-21(28)12-10-19/h3-14H,15-16H2,1-2H3,(H,29,31)/b23-14+. The van der Waals surface area contributed by atoms with Gasteiger partial charge in [-0.3, -0.25) is 19.3 Å². The van der Waals surface area contributed by atoms with E-state index in [-0.39, 0.29) is 11.4 Å². The Hall–Kier alpha value is -3.55. The summed E-state index contributed by atoms with van der Waals surface area (Å²) in [7, 11) is 0. The molecular formula is C27H23ClN2O4S. The number of para-hydroxylation sites is 1. The fourth-order valence-corrected chi connectivity index (χ4v) is 4.53. The number of hydrogen-bond donors (Lipinski definition) is 1. The second kappa shape index (κ2) is 10.8. The van der Waals surface area contributed by atoms with Gasteiger partial charge in [0.15, 0.2) is 0 Å². The molecule has 0 spiro atoms. The maximum Gasteiger partial charge on any atom is 0.294 e. The lowest BCUT2D eigenvalue weighted by Gasteiger charge is -2.15. The molecule has 1 fully saturated rings. The minimum absolute atomic E-state index is 0.254. The van der Waals surface area contributed by atoms with E-state index in [9.17, 15) is 14.4 Å². The van der Waals surface area contributed by atoms with Crippen LogP contribution in [0.2, 0.25) is 5.02 Å². The predicted octanol–water partition coefficient (Wildman–Crippen LogP) is 6.21. The van der Waals surface area contributed by atoms with Gasteiger partial charge < -0.3 is 10.1 Å². The highest BCUT2D eigenvalue weighted by molar-refractivity contribution is 8.18. The van der Waals surface area contributed by atoms with Gasteiger partial charge in [-0.1, -0.05) is 54.1 Å². The van der Waals surface area contributed by atoms with Crippen LogP contribution in [-0.2, 0) is 16.2 Å². The van der Waals surface area contributed by atoms with Gasteiger partial charge in [-0.05, 0) is 78.2 Å². The number of ether oxygens (including phenoxy) is 1. The molecular weight excluding hydrogens is 484 g/mol. The molecule has 0 aromatic heterocycles. The molecule has 0 aliphatic carbocycles. The van der Waals surface area contributed by atoms with E-state index < -0.39 is 17.1 Å². The van der Waals surface area contributed by atoms with Crippen molar-refractivity contribution in [3.8, 4) is 5.75 Å². The summed E-state index contributed by atoms with van der Waals surface area (Å²) >= 11 is 6.73. The van der Waals surface area contributed by atoms with Gasteiger partial charge in [-0.15, -0.1) is 0 Å². The topological polar surface area (TPSA) is 75.7 Å². The highest BCUT2D eigenvalue weighted by atomic mass is 35.5. The van der Waals surface area contributed by atoms with Crippen molar-refractivity contribution in [1.82, 2.24) is 4.90 Å². The van der Waals surface area contributed by atoms with Gasteiger partial charge in [0.2, 0.25) is 5.91 Å². The highest BCUT2D eigenvalue weighted by Crippen LogP contribution is 2.33. The quantitative estimate of drug-likeness (QED) is 0.385. The number of imide groups is 1. The second-order valence-corrected chi connectivity index (χ2v) is 9.50.